The third kappa shape index (κ3) is 4.73. The van der Waals surface area contributed by atoms with Gasteiger partial charge in [-0.2, -0.15) is 0 Å². The number of benzene rings is 1. The Morgan fingerprint density at radius 1 is 1.27 bits per heavy atom. The lowest BCUT2D eigenvalue weighted by Crippen LogP contribution is -2.41. The van der Waals surface area contributed by atoms with E-state index < -0.39 is 0 Å². The van der Waals surface area contributed by atoms with Gasteiger partial charge in [0, 0.05) is 31.7 Å². The molecular weight excluding hydrogens is 445 g/mol. The molecule has 1 spiro atoms. The summed E-state index contributed by atoms with van der Waals surface area (Å²) in [5.41, 5.74) is 1.44. The fourth-order valence-corrected chi connectivity index (χ4v) is 3.66. The smallest absolute Gasteiger partial charge is 0.194 e. The van der Waals surface area contributed by atoms with Crippen LogP contribution < -0.4 is 14.8 Å². The van der Waals surface area contributed by atoms with Crippen LogP contribution in [0.3, 0.4) is 0 Å². The first-order valence-corrected chi connectivity index (χ1v) is 9.01. The second-order valence-electron chi connectivity index (χ2n) is 6.83. The Hall–Kier alpha value is -1.22. The SMILES string of the molecule is CCNC(=NCc1ccc(OC)c(OC)c1)N1CCC2(CCOC2)C1.I. The molecule has 146 valence electrons. The highest BCUT2D eigenvalue weighted by molar-refractivity contribution is 14.0. The van der Waals surface area contributed by atoms with E-state index in [1.165, 1.54) is 12.8 Å². The Bertz CT molecular complexity index is 618. The van der Waals surface area contributed by atoms with Crippen molar-refractivity contribution >= 4 is 29.9 Å². The molecule has 6 nitrogen and oxygen atoms in total. The summed E-state index contributed by atoms with van der Waals surface area (Å²) in [5, 5.41) is 3.43. The summed E-state index contributed by atoms with van der Waals surface area (Å²) in [5.74, 6) is 2.47. The molecule has 0 aromatic heterocycles. The van der Waals surface area contributed by atoms with Crippen molar-refractivity contribution in [3.63, 3.8) is 0 Å². The fraction of sp³-hybridized carbons (Fsp3) is 0.632. The molecule has 2 heterocycles. The maximum absolute atomic E-state index is 5.63. The molecular formula is C19H30IN3O3. The van der Waals surface area contributed by atoms with Crippen LogP contribution in [0.4, 0.5) is 0 Å². The zero-order chi connectivity index (χ0) is 17.7. The number of guanidine groups is 1. The van der Waals surface area contributed by atoms with Crippen molar-refractivity contribution in [3.8, 4) is 11.5 Å². The van der Waals surface area contributed by atoms with E-state index in [2.05, 4.69) is 17.1 Å². The van der Waals surface area contributed by atoms with E-state index in [0.29, 0.717) is 12.0 Å². The summed E-state index contributed by atoms with van der Waals surface area (Å²) < 4.78 is 16.3. The first-order chi connectivity index (χ1) is 12.2. The number of hydrogen-bond acceptors (Lipinski definition) is 4. The molecule has 0 amide bonds. The van der Waals surface area contributed by atoms with Crippen LogP contribution in [0.5, 0.6) is 11.5 Å². The zero-order valence-corrected chi connectivity index (χ0v) is 18.2. The van der Waals surface area contributed by atoms with Gasteiger partial charge in [-0.25, -0.2) is 4.99 Å². The van der Waals surface area contributed by atoms with Crippen molar-refractivity contribution in [2.75, 3.05) is 47.1 Å². The molecule has 0 radical (unpaired) electrons. The van der Waals surface area contributed by atoms with Gasteiger partial charge in [-0.3, -0.25) is 0 Å². The molecule has 7 heteroatoms. The maximum Gasteiger partial charge on any atom is 0.194 e. The normalized spacial score (nSPS) is 22.4. The number of likely N-dealkylation sites (tertiary alicyclic amines) is 1. The Balaban J connectivity index is 0.00000243. The van der Waals surface area contributed by atoms with Gasteiger partial charge < -0.3 is 24.4 Å². The topological polar surface area (TPSA) is 55.3 Å². The standard InChI is InChI=1S/C19H29N3O3.HI/c1-4-20-18(22-9-7-19(13-22)8-10-25-14-19)21-12-15-5-6-16(23-2)17(11-15)24-3;/h5-6,11H,4,7-10,12-14H2,1-3H3,(H,20,21);1H. The Labute approximate surface area is 173 Å². The van der Waals surface area contributed by atoms with Gasteiger partial charge in [0.2, 0.25) is 0 Å². The van der Waals surface area contributed by atoms with Crippen LogP contribution in [0.2, 0.25) is 0 Å². The van der Waals surface area contributed by atoms with Gasteiger partial charge in [0.1, 0.15) is 0 Å². The summed E-state index contributed by atoms with van der Waals surface area (Å²) in [4.78, 5) is 7.22. The van der Waals surface area contributed by atoms with Crippen LogP contribution in [0, 0.1) is 5.41 Å². The second kappa shape index (κ2) is 9.64. The number of hydrogen-bond donors (Lipinski definition) is 1. The predicted molar refractivity (Wildman–Crippen MR) is 114 cm³/mol. The molecule has 1 aromatic carbocycles. The third-order valence-corrected chi connectivity index (χ3v) is 5.12. The Kier molecular flexibility index (Phi) is 7.82. The largest absolute Gasteiger partial charge is 0.493 e. The molecule has 2 aliphatic rings. The minimum atomic E-state index is 0. The van der Waals surface area contributed by atoms with Crippen molar-refractivity contribution < 1.29 is 14.2 Å². The van der Waals surface area contributed by atoms with Crippen LogP contribution in [0.1, 0.15) is 25.3 Å². The quantitative estimate of drug-likeness (QED) is 0.404. The minimum Gasteiger partial charge on any atom is -0.493 e. The van der Waals surface area contributed by atoms with Crippen LogP contribution in [-0.4, -0.2) is 57.9 Å². The average Bonchev–Trinajstić information content (AvgIpc) is 3.28. The van der Waals surface area contributed by atoms with Gasteiger partial charge >= 0.3 is 0 Å². The van der Waals surface area contributed by atoms with Crippen LogP contribution >= 0.6 is 24.0 Å². The molecule has 1 atom stereocenters. The van der Waals surface area contributed by atoms with Gasteiger partial charge in [0.25, 0.3) is 0 Å². The molecule has 2 aliphatic heterocycles. The Morgan fingerprint density at radius 2 is 2.08 bits per heavy atom. The molecule has 3 rings (SSSR count). The van der Waals surface area contributed by atoms with Crippen molar-refractivity contribution in [1.29, 1.82) is 0 Å². The van der Waals surface area contributed by atoms with Gasteiger partial charge in [0.15, 0.2) is 17.5 Å². The van der Waals surface area contributed by atoms with Gasteiger partial charge in [0.05, 0.1) is 27.4 Å². The number of methoxy groups -OCH3 is 2. The van der Waals surface area contributed by atoms with E-state index >= 15 is 0 Å². The van der Waals surface area contributed by atoms with Crippen molar-refractivity contribution in [2.24, 2.45) is 10.4 Å². The van der Waals surface area contributed by atoms with Gasteiger partial charge in [-0.05, 0) is 37.5 Å². The first kappa shape index (κ1) is 21.1. The summed E-state index contributed by atoms with van der Waals surface area (Å²) in [6.45, 7) is 7.45. The average molecular weight is 475 g/mol. The second-order valence-corrected chi connectivity index (χ2v) is 6.83. The highest BCUT2D eigenvalue weighted by atomic mass is 127. The molecule has 1 unspecified atom stereocenters. The van der Waals surface area contributed by atoms with Crippen LogP contribution in [0.15, 0.2) is 23.2 Å². The highest BCUT2D eigenvalue weighted by Crippen LogP contribution is 2.38. The summed E-state index contributed by atoms with van der Waals surface area (Å²) in [6, 6.07) is 5.95. The minimum absolute atomic E-state index is 0. The molecule has 2 saturated heterocycles. The number of aliphatic imine (C=N–C) groups is 1. The summed E-state index contributed by atoms with van der Waals surface area (Å²) in [6.07, 6.45) is 2.35. The van der Waals surface area contributed by atoms with E-state index in [1.807, 2.05) is 18.2 Å². The number of halogens is 1. The van der Waals surface area contributed by atoms with Gasteiger partial charge in [-0.1, -0.05) is 6.07 Å². The monoisotopic (exact) mass is 475 g/mol. The van der Waals surface area contributed by atoms with E-state index in [-0.39, 0.29) is 24.0 Å². The number of nitrogens with one attached hydrogen (secondary N) is 1. The summed E-state index contributed by atoms with van der Waals surface area (Å²) in [7, 11) is 3.30. The highest BCUT2D eigenvalue weighted by Gasteiger charge is 2.42. The molecule has 1 N–H and O–H groups in total. The number of rotatable bonds is 5. The van der Waals surface area contributed by atoms with E-state index in [4.69, 9.17) is 19.2 Å². The van der Waals surface area contributed by atoms with Crippen molar-refractivity contribution in [3.05, 3.63) is 23.8 Å². The lowest BCUT2D eigenvalue weighted by Gasteiger charge is -2.25. The predicted octanol–water partition coefficient (Wildman–Crippen LogP) is 2.90. The maximum atomic E-state index is 5.63. The molecule has 2 fully saturated rings. The third-order valence-electron chi connectivity index (χ3n) is 5.12. The molecule has 26 heavy (non-hydrogen) atoms. The van der Waals surface area contributed by atoms with Crippen LogP contribution in [0.25, 0.3) is 0 Å². The lowest BCUT2D eigenvalue weighted by molar-refractivity contribution is 0.156. The molecule has 0 aliphatic carbocycles. The molecule has 0 saturated carbocycles. The first-order valence-electron chi connectivity index (χ1n) is 9.01. The van der Waals surface area contributed by atoms with Crippen LogP contribution in [-0.2, 0) is 11.3 Å². The molecule has 0 bridgehead atoms. The Morgan fingerprint density at radius 3 is 2.73 bits per heavy atom. The van der Waals surface area contributed by atoms with E-state index in [9.17, 15) is 0 Å². The zero-order valence-electron chi connectivity index (χ0n) is 15.9. The van der Waals surface area contributed by atoms with E-state index in [0.717, 1.165) is 55.9 Å². The van der Waals surface area contributed by atoms with Crippen molar-refractivity contribution in [1.82, 2.24) is 10.2 Å². The molecule has 1 aromatic rings. The van der Waals surface area contributed by atoms with E-state index in [1.54, 1.807) is 14.2 Å². The van der Waals surface area contributed by atoms with Crippen molar-refractivity contribution in [2.45, 2.75) is 26.3 Å². The van der Waals surface area contributed by atoms with Gasteiger partial charge in [-0.15, -0.1) is 24.0 Å². The lowest BCUT2D eigenvalue weighted by atomic mass is 9.87. The summed E-state index contributed by atoms with van der Waals surface area (Å²) >= 11 is 0. The number of nitrogens with zero attached hydrogens (tertiary/aromatic N) is 2. The fourth-order valence-electron chi connectivity index (χ4n) is 3.66. The number of ether oxygens (including phenoxy) is 3.